The molecule has 0 unspecified atom stereocenters. The Labute approximate surface area is 216 Å². The van der Waals surface area contributed by atoms with Crippen LogP contribution in [0.5, 0.6) is 0 Å². The van der Waals surface area contributed by atoms with Gasteiger partial charge in [0.05, 0.1) is 17.3 Å². The number of aromatic nitrogens is 3. The van der Waals surface area contributed by atoms with E-state index in [4.69, 9.17) is 34.8 Å². The lowest BCUT2D eigenvalue weighted by atomic mass is 10.2. The molecule has 0 atom stereocenters. The second-order valence-electron chi connectivity index (χ2n) is 7.42. The summed E-state index contributed by atoms with van der Waals surface area (Å²) in [6, 6.07) is 19.9. The van der Waals surface area contributed by atoms with Gasteiger partial charge in [-0.3, -0.25) is 4.57 Å². The number of carbonyl (C=O) groups is 1. The maximum absolute atomic E-state index is 12.4. The van der Waals surface area contributed by atoms with Gasteiger partial charge < -0.3 is 10.6 Å². The third kappa shape index (κ3) is 6.24. The Kier molecular flexibility index (Phi) is 8.00. The third-order valence-corrected chi connectivity index (χ3v) is 6.62. The zero-order chi connectivity index (χ0) is 24.1. The highest BCUT2D eigenvalue weighted by Gasteiger charge is 2.18. The SMILES string of the molecule is Cc1cccc(CSc2nnc(CNC(=O)Nc3ccc(Cl)cc3)n2-c2cc(Cl)ccc2Cl)c1. The molecule has 0 aliphatic carbocycles. The Morgan fingerprint density at radius 2 is 1.74 bits per heavy atom. The minimum atomic E-state index is -0.386. The highest BCUT2D eigenvalue weighted by atomic mass is 35.5. The van der Waals surface area contributed by atoms with E-state index in [1.165, 1.54) is 22.9 Å². The summed E-state index contributed by atoms with van der Waals surface area (Å²) in [6.45, 7) is 2.18. The van der Waals surface area contributed by atoms with Crippen LogP contribution >= 0.6 is 46.6 Å². The van der Waals surface area contributed by atoms with Gasteiger partial charge in [0.15, 0.2) is 11.0 Å². The number of rotatable bonds is 7. The van der Waals surface area contributed by atoms with E-state index in [9.17, 15) is 4.79 Å². The van der Waals surface area contributed by atoms with Gasteiger partial charge in [-0.15, -0.1) is 10.2 Å². The zero-order valence-electron chi connectivity index (χ0n) is 18.1. The summed E-state index contributed by atoms with van der Waals surface area (Å²) in [5.41, 5.74) is 3.62. The van der Waals surface area contributed by atoms with Gasteiger partial charge in [-0.1, -0.05) is 76.4 Å². The average molecular weight is 533 g/mol. The predicted octanol–water partition coefficient (Wildman–Crippen LogP) is 7.15. The van der Waals surface area contributed by atoms with Gasteiger partial charge in [-0.25, -0.2) is 4.79 Å². The first-order valence-electron chi connectivity index (χ1n) is 10.3. The number of nitrogens with zero attached hydrogens (tertiary/aromatic N) is 3. The summed E-state index contributed by atoms with van der Waals surface area (Å²) >= 11 is 20.2. The molecule has 0 fully saturated rings. The molecular formula is C24H20Cl3N5OS. The predicted molar refractivity (Wildman–Crippen MR) is 139 cm³/mol. The third-order valence-electron chi connectivity index (χ3n) is 4.81. The lowest BCUT2D eigenvalue weighted by molar-refractivity contribution is 0.251. The van der Waals surface area contributed by atoms with Gasteiger partial charge in [0.2, 0.25) is 0 Å². The molecule has 10 heteroatoms. The number of hydrogen-bond acceptors (Lipinski definition) is 4. The number of thioether (sulfide) groups is 1. The summed E-state index contributed by atoms with van der Waals surface area (Å²) in [6.07, 6.45) is 0. The average Bonchev–Trinajstić information content (AvgIpc) is 3.22. The van der Waals surface area contributed by atoms with Crippen LogP contribution in [0, 0.1) is 6.92 Å². The minimum absolute atomic E-state index is 0.125. The van der Waals surface area contributed by atoms with Gasteiger partial charge in [-0.2, -0.15) is 0 Å². The lowest BCUT2D eigenvalue weighted by Crippen LogP contribution is -2.29. The van der Waals surface area contributed by atoms with E-state index in [2.05, 4.69) is 46.0 Å². The number of aryl methyl sites for hydroxylation is 1. The van der Waals surface area contributed by atoms with Crippen molar-refractivity contribution in [2.45, 2.75) is 24.4 Å². The molecule has 0 saturated carbocycles. The van der Waals surface area contributed by atoms with Crippen molar-refractivity contribution < 1.29 is 4.79 Å². The fourth-order valence-corrected chi connectivity index (χ4v) is 4.63. The van der Waals surface area contributed by atoms with Gasteiger partial charge in [0, 0.05) is 21.5 Å². The van der Waals surface area contributed by atoms with Crippen molar-refractivity contribution in [1.29, 1.82) is 0 Å². The Bertz CT molecular complexity index is 1310. The quantitative estimate of drug-likeness (QED) is 0.248. The number of amides is 2. The van der Waals surface area contributed by atoms with Crippen molar-refractivity contribution in [3.05, 3.63) is 98.7 Å². The molecule has 4 aromatic rings. The molecule has 0 bridgehead atoms. The first-order valence-corrected chi connectivity index (χ1v) is 12.4. The fraction of sp³-hybridized carbons (Fsp3) is 0.125. The number of benzene rings is 3. The smallest absolute Gasteiger partial charge is 0.319 e. The Balaban J connectivity index is 1.55. The molecule has 2 N–H and O–H groups in total. The van der Waals surface area contributed by atoms with E-state index in [0.29, 0.717) is 43.2 Å². The number of urea groups is 1. The van der Waals surface area contributed by atoms with Gasteiger partial charge in [0.1, 0.15) is 0 Å². The minimum Gasteiger partial charge on any atom is -0.331 e. The molecule has 3 aromatic carbocycles. The maximum Gasteiger partial charge on any atom is 0.319 e. The maximum atomic E-state index is 12.4. The normalized spacial score (nSPS) is 10.8. The summed E-state index contributed by atoms with van der Waals surface area (Å²) in [5.74, 6) is 1.21. The van der Waals surface area contributed by atoms with Crippen LogP contribution in [0.4, 0.5) is 10.5 Å². The Hall–Kier alpha value is -2.71. The first kappa shape index (κ1) is 24.4. The van der Waals surface area contributed by atoms with Gasteiger partial charge in [-0.05, 0) is 55.0 Å². The van der Waals surface area contributed by atoms with Crippen LogP contribution < -0.4 is 10.6 Å². The van der Waals surface area contributed by atoms with E-state index in [-0.39, 0.29) is 12.6 Å². The topological polar surface area (TPSA) is 71.8 Å². The van der Waals surface area contributed by atoms with Crippen molar-refractivity contribution in [3.63, 3.8) is 0 Å². The number of anilines is 1. The van der Waals surface area contributed by atoms with Crippen LogP contribution in [-0.2, 0) is 12.3 Å². The van der Waals surface area contributed by atoms with Crippen LogP contribution in [0.3, 0.4) is 0 Å². The second-order valence-corrected chi connectivity index (χ2v) is 9.64. The van der Waals surface area contributed by atoms with Crippen LogP contribution in [0.1, 0.15) is 17.0 Å². The molecule has 0 saturated heterocycles. The summed E-state index contributed by atoms with van der Waals surface area (Å²) in [4.78, 5) is 12.4. The molecule has 6 nitrogen and oxygen atoms in total. The standard InChI is InChI=1S/C24H20Cl3N5OS/c1-15-3-2-4-16(11-15)14-34-24-31-30-22(32(24)21-12-18(26)7-10-20(21)27)13-28-23(33)29-19-8-5-17(25)6-9-19/h2-12H,13-14H2,1H3,(H2,28,29,33). The molecular weight excluding hydrogens is 513 g/mol. The van der Waals surface area contributed by atoms with E-state index < -0.39 is 0 Å². The van der Waals surface area contributed by atoms with Crippen molar-refractivity contribution >= 4 is 58.3 Å². The van der Waals surface area contributed by atoms with E-state index in [1.54, 1.807) is 42.5 Å². The molecule has 4 rings (SSSR count). The molecule has 1 heterocycles. The summed E-state index contributed by atoms with van der Waals surface area (Å²) < 4.78 is 1.82. The van der Waals surface area contributed by atoms with Crippen LogP contribution in [0.25, 0.3) is 5.69 Å². The Morgan fingerprint density at radius 3 is 2.50 bits per heavy atom. The Morgan fingerprint density at radius 1 is 0.971 bits per heavy atom. The second kappa shape index (κ2) is 11.1. The lowest BCUT2D eigenvalue weighted by Gasteiger charge is -2.13. The van der Waals surface area contributed by atoms with Crippen molar-refractivity contribution in [1.82, 2.24) is 20.1 Å². The van der Waals surface area contributed by atoms with Gasteiger partial charge in [0.25, 0.3) is 0 Å². The van der Waals surface area contributed by atoms with Crippen LogP contribution in [0.2, 0.25) is 15.1 Å². The van der Waals surface area contributed by atoms with Crippen molar-refractivity contribution in [2.75, 3.05) is 5.32 Å². The van der Waals surface area contributed by atoms with E-state index in [0.717, 1.165) is 0 Å². The number of carbonyl (C=O) groups excluding carboxylic acids is 1. The van der Waals surface area contributed by atoms with Crippen molar-refractivity contribution in [2.24, 2.45) is 0 Å². The van der Waals surface area contributed by atoms with E-state index >= 15 is 0 Å². The highest BCUT2D eigenvalue weighted by Crippen LogP contribution is 2.31. The van der Waals surface area contributed by atoms with Crippen LogP contribution in [-0.4, -0.2) is 20.8 Å². The number of nitrogens with one attached hydrogen (secondary N) is 2. The summed E-state index contributed by atoms with van der Waals surface area (Å²) in [7, 11) is 0. The molecule has 2 amide bonds. The molecule has 1 aromatic heterocycles. The monoisotopic (exact) mass is 531 g/mol. The highest BCUT2D eigenvalue weighted by molar-refractivity contribution is 7.98. The largest absolute Gasteiger partial charge is 0.331 e. The molecule has 0 aliphatic rings. The van der Waals surface area contributed by atoms with E-state index in [1.807, 2.05) is 10.6 Å². The first-order chi connectivity index (χ1) is 16.4. The summed E-state index contributed by atoms with van der Waals surface area (Å²) in [5, 5.41) is 16.5. The molecule has 0 aliphatic heterocycles. The zero-order valence-corrected chi connectivity index (χ0v) is 21.1. The van der Waals surface area contributed by atoms with Gasteiger partial charge >= 0.3 is 6.03 Å². The molecule has 174 valence electrons. The molecule has 0 spiro atoms. The number of halogens is 3. The molecule has 34 heavy (non-hydrogen) atoms. The fourth-order valence-electron chi connectivity index (χ4n) is 3.23. The number of hydrogen-bond donors (Lipinski definition) is 2. The molecule has 0 radical (unpaired) electrons. The van der Waals surface area contributed by atoms with Crippen LogP contribution in [0.15, 0.2) is 71.9 Å². The van der Waals surface area contributed by atoms with Crippen molar-refractivity contribution in [3.8, 4) is 5.69 Å².